The van der Waals surface area contributed by atoms with Crippen LogP contribution in [0.1, 0.15) is 76.1 Å². The van der Waals surface area contributed by atoms with Gasteiger partial charge in [-0.15, -0.1) is 10.2 Å². The van der Waals surface area contributed by atoms with E-state index < -0.39 is 0 Å². The van der Waals surface area contributed by atoms with Gasteiger partial charge in [0.15, 0.2) is 5.82 Å². The molecule has 194 valence electrons. The van der Waals surface area contributed by atoms with Crippen LogP contribution in [0.4, 0.5) is 0 Å². The third-order valence-corrected chi connectivity index (χ3v) is 6.96. The molecule has 0 aliphatic heterocycles. The minimum Gasteiger partial charge on any atom is -0.278 e. The van der Waals surface area contributed by atoms with Gasteiger partial charge in [0.25, 0.3) is 11.3 Å². The fourth-order valence-electron chi connectivity index (χ4n) is 3.84. The first-order valence-corrected chi connectivity index (χ1v) is 14.1. The Balaban J connectivity index is 0.000000201. The Bertz CT molecular complexity index is 1190. The van der Waals surface area contributed by atoms with Crippen LogP contribution in [0.2, 0.25) is 0 Å². The molecule has 0 spiro atoms. The summed E-state index contributed by atoms with van der Waals surface area (Å²) in [5.74, 6) is 3.74. The molecule has 3 aromatic heterocycles. The van der Waals surface area contributed by atoms with Gasteiger partial charge < -0.3 is 0 Å². The summed E-state index contributed by atoms with van der Waals surface area (Å²) < 4.78 is 1.30. The van der Waals surface area contributed by atoms with Crippen LogP contribution in [0.15, 0.2) is 41.5 Å². The summed E-state index contributed by atoms with van der Waals surface area (Å²) in [5.41, 5.74) is 2.54. The van der Waals surface area contributed by atoms with Crippen molar-refractivity contribution in [2.24, 2.45) is 0 Å². The van der Waals surface area contributed by atoms with Crippen molar-refractivity contribution >= 4 is 17.5 Å². The second-order valence-corrected chi connectivity index (χ2v) is 10.1. The van der Waals surface area contributed by atoms with Crippen molar-refractivity contribution in [3.63, 3.8) is 0 Å². The average molecular weight is 511 g/mol. The fraction of sp³-hybridized carbons (Fsp3) is 0.538. The van der Waals surface area contributed by atoms with E-state index in [1.807, 2.05) is 31.2 Å². The molecule has 2 N–H and O–H groups in total. The molecule has 10 heteroatoms. The van der Waals surface area contributed by atoms with Crippen LogP contribution in [0.3, 0.4) is 0 Å². The Morgan fingerprint density at radius 2 is 1.75 bits per heavy atom. The summed E-state index contributed by atoms with van der Waals surface area (Å²) in [6.45, 7) is 4.28. The van der Waals surface area contributed by atoms with Gasteiger partial charge >= 0.3 is 0 Å². The molecule has 36 heavy (non-hydrogen) atoms. The van der Waals surface area contributed by atoms with Crippen molar-refractivity contribution in [2.75, 3.05) is 11.5 Å². The van der Waals surface area contributed by atoms with Crippen LogP contribution in [-0.4, -0.2) is 51.7 Å². The van der Waals surface area contributed by atoms with E-state index in [0.717, 1.165) is 29.8 Å². The van der Waals surface area contributed by atoms with E-state index in [4.69, 9.17) is 0 Å². The number of benzene rings is 1. The number of hydrogen-bond donors (Lipinski definition) is 2. The number of rotatable bonds is 14. The lowest BCUT2D eigenvalue weighted by Crippen LogP contribution is -2.14. The molecule has 0 fully saturated rings. The number of unbranched alkanes of at least 4 members (excludes halogenated alkanes) is 7. The molecule has 0 atom stereocenters. The highest BCUT2D eigenvalue weighted by Crippen LogP contribution is 2.17. The van der Waals surface area contributed by atoms with E-state index in [1.54, 1.807) is 0 Å². The molecular formula is C26H38N8OS. The molecule has 9 nitrogen and oxygen atoms in total. The van der Waals surface area contributed by atoms with Gasteiger partial charge in [-0.1, -0.05) is 80.8 Å². The first-order valence-electron chi connectivity index (χ1n) is 13.0. The first kappa shape index (κ1) is 27.6. The summed E-state index contributed by atoms with van der Waals surface area (Å²) in [6, 6.07) is 9.37. The molecular weight excluding hydrogens is 472 g/mol. The normalized spacial score (nSPS) is 10.9. The van der Waals surface area contributed by atoms with Gasteiger partial charge in [0.2, 0.25) is 0 Å². The van der Waals surface area contributed by atoms with E-state index in [2.05, 4.69) is 54.4 Å². The summed E-state index contributed by atoms with van der Waals surface area (Å²) in [4.78, 5) is 20.1. The highest BCUT2D eigenvalue weighted by atomic mass is 32.2. The van der Waals surface area contributed by atoms with Crippen molar-refractivity contribution in [1.29, 1.82) is 0 Å². The molecule has 0 aliphatic carbocycles. The largest absolute Gasteiger partial charge is 0.278 e. The van der Waals surface area contributed by atoms with E-state index >= 15 is 0 Å². The number of H-pyrrole nitrogens is 2. The Morgan fingerprint density at radius 3 is 2.50 bits per heavy atom. The number of aromatic nitrogens is 8. The number of thioether (sulfide) groups is 1. The van der Waals surface area contributed by atoms with Crippen LogP contribution in [0.25, 0.3) is 17.0 Å². The van der Waals surface area contributed by atoms with Crippen LogP contribution in [0.5, 0.6) is 0 Å². The molecule has 0 aliphatic rings. The predicted octanol–water partition coefficient (Wildman–Crippen LogP) is 5.40. The number of fused-ring (bicyclic) bond motifs is 1. The van der Waals surface area contributed by atoms with Gasteiger partial charge in [0.1, 0.15) is 6.33 Å². The lowest BCUT2D eigenvalue weighted by atomic mass is 10.1. The standard InChI is InChI=1S/C14H28N4S.C12H10N4O/c1-2-3-4-5-6-7-8-9-12-19-13-10-11-14-15-17-18-16-14;1-8-3-2-4-9(5-8)10-6-11(17)16-12(15-10)13-7-14-16/h2-13H2,1H3,(H,15,16,17,18);2-7H,1H3,(H,13,14,15). The Hall–Kier alpha value is -3.01. The van der Waals surface area contributed by atoms with E-state index in [-0.39, 0.29) is 5.56 Å². The monoisotopic (exact) mass is 510 g/mol. The minimum absolute atomic E-state index is 0.163. The molecule has 0 saturated carbocycles. The van der Waals surface area contributed by atoms with Crippen molar-refractivity contribution in [3.8, 4) is 11.3 Å². The molecule has 0 amide bonds. The predicted molar refractivity (Wildman–Crippen MR) is 146 cm³/mol. The number of nitrogens with one attached hydrogen (secondary N) is 2. The van der Waals surface area contributed by atoms with Crippen LogP contribution >= 0.6 is 11.8 Å². The summed E-state index contributed by atoms with van der Waals surface area (Å²) in [6.07, 6.45) is 14.8. The second-order valence-electron chi connectivity index (χ2n) is 8.89. The maximum absolute atomic E-state index is 11.8. The Kier molecular flexibility index (Phi) is 12.2. The van der Waals surface area contributed by atoms with Crippen LogP contribution < -0.4 is 5.56 Å². The number of aryl methyl sites for hydroxylation is 2. The second kappa shape index (κ2) is 15.9. The van der Waals surface area contributed by atoms with Crippen LogP contribution in [-0.2, 0) is 6.42 Å². The maximum Gasteiger partial charge on any atom is 0.274 e. The van der Waals surface area contributed by atoms with Gasteiger partial charge in [0, 0.05) is 18.1 Å². The lowest BCUT2D eigenvalue weighted by molar-refractivity contribution is 0.586. The highest BCUT2D eigenvalue weighted by molar-refractivity contribution is 7.99. The molecule has 0 saturated heterocycles. The minimum atomic E-state index is -0.163. The van der Waals surface area contributed by atoms with Crippen molar-refractivity contribution < 1.29 is 0 Å². The molecule has 0 unspecified atom stereocenters. The van der Waals surface area contributed by atoms with Gasteiger partial charge in [-0.05, 0) is 37.3 Å². The van der Waals surface area contributed by atoms with Gasteiger partial charge in [-0.3, -0.25) is 9.89 Å². The maximum atomic E-state index is 11.8. The number of tetrazole rings is 1. The zero-order chi connectivity index (χ0) is 25.4. The fourth-order valence-corrected chi connectivity index (χ4v) is 4.80. The number of nitrogens with zero attached hydrogens (tertiary/aromatic N) is 6. The van der Waals surface area contributed by atoms with Gasteiger partial charge in [0.05, 0.1) is 5.69 Å². The summed E-state index contributed by atoms with van der Waals surface area (Å²) in [7, 11) is 0. The SMILES string of the molecule is CCCCCCCCCCSCCCc1nn[nH]n1.Cc1cccc(-c2cc(=O)n3[nH]cnc3n2)c1. The molecule has 0 bridgehead atoms. The molecule has 4 rings (SSSR count). The zero-order valence-corrected chi connectivity index (χ0v) is 22.3. The topological polar surface area (TPSA) is 118 Å². The third kappa shape index (κ3) is 9.56. The Morgan fingerprint density at radius 1 is 0.972 bits per heavy atom. The molecule has 1 aromatic carbocycles. The van der Waals surface area contributed by atoms with Gasteiger partial charge in [-0.25, -0.2) is 9.97 Å². The van der Waals surface area contributed by atoms with E-state index in [0.29, 0.717) is 11.5 Å². The smallest absolute Gasteiger partial charge is 0.274 e. The molecule has 4 aromatic rings. The van der Waals surface area contributed by atoms with E-state index in [1.165, 1.54) is 79.8 Å². The highest BCUT2D eigenvalue weighted by Gasteiger charge is 2.06. The summed E-state index contributed by atoms with van der Waals surface area (Å²) in [5, 5.41) is 16.6. The quantitative estimate of drug-likeness (QED) is 0.218. The molecule has 3 heterocycles. The molecule has 0 radical (unpaired) electrons. The number of aromatic amines is 2. The zero-order valence-electron chi connectivity index (χ0n) is 21.4. The van der Waals surface area contributed by atoms with Crippen LogP contribution in [0, 0.1) is 6.92 Å². The third-order valence-electron chi connectivity index (χ3n) is 5.80. The first-order chi connectivity index (χ1) is 17.7. The van der Waals surface area contributed by atoms with Crippen molar-refractivity contribution in [3.05, 3.63) is 58.4 Å². The summed E-state index contributed by atoms with van der Waals surface area (Å²) >= 11 is 2.06. The number of hydrogen-bond acceptors (Lipinski definition) is 7. The lowest BCUT2D eigenvalue weighted by Gasteiger charge is -2.02. The van der Waals surface area contributed by atoms with Crippen molar-refractivity contribution in [2.45, 2.75) is 78.1 Å². The van der Waals surface area contributed by atoms with E-state index in [9.17, 15) is 4.79 Å². The van der Waals surface area contributed by atoms with Crippen molar-refractivity contribution in [1.82, 2.24) is 40.2 Å². The average Bonchev–Trinajstić information content (AvgIpc) is 3.58. The Labute approximate surface area is 216 Å². The van der Waals surface area contributed by atoms with Gasteiger partial charge in [-0.2, -0.15) is 21.5 Å².